The van der Waals surface area contributed by atoms with Crippen LogP contribution in [0.3, 0.4) is 0 Å². The molecule has 0 atom stereocenters. The van der Waals surface area contributed by atoms with Gasteiger partial charge < -0.3 is 10.5 Å². The van der Waals surface area contributed by atoms with Gasteiger partial charge in [0.25, 0.3) is 0 Å². The van der Waals surface area contributed by atoms with E-state index in [4.69, 9.17) is 10.5 Å². The molecule has 6 heteroatoms. The van der Waals surface area contributed by atoms with Crippen LogP contribution in [0.25, 0.3) is 0 Å². The summed E-state index contributed by atoms with van der Waals surface area (Å²) in [5.41, 5.74) is 5.83. The zero-order valence-electron chi connectivity index (χ0n) is 7.64. The molecule has 1 aromatic rings. The van der Waals surface area contributed by atoms with E-state index < -0.39 is 19.2 Å². The minimum atomic E-state index is -4.21. The number of rotatable bonds is 3. The molecule has 0 spiro atoms. The zero-order valence-corrected chi connectivity index (χ0v) is 9.23. The fraction of sp³-hybridized carbons (Fsp3) is 0.333. The van der Waals surface area contributed by atoms with Gasteiger partial charge in [0.05, 0.1) is 18.7 Å². The van der Waals surface area contributed by atoms with Crippen molar-refractivity contribution in [3.8, 4) is 5.75 Å². The first kappa shape index (κ1) is 12.2. The molecule has 0 fully saturated rings. The summed E-state index contributed by atoms with van der Waals surface area (Å²) in [6.07, 6.45) is -5.19. The molecule has 0 heterocycles. The van der Waals surface area contributed by atoms with Gasteiger partial charge in [-0.25, -0.2) is 0 Å². The van der Waals surface area contributed by atoms with Crippen LogP contribution in [0.1, 0.15) is 6.42 Å². The number of nitrogen functional groups attached to an aromatic ring is 1. The number of hydrogen-bond donors (Lipinski definition) is 1. The normalized spacial score (nSPS) is 11.5. The van der Waals surface area contributed by atoms with Gasteiger partial charge in [-0.3, -0.25) is 0 Å². The van der Waals surface area contributed by atoms with Crippen molar-refractivity contribution in [1.29, 1.82) is 0 Å². The summed E-state index contributed by atoms with van der Waals surface area (Å²) >= 11 is 3.17. The maximum Gasteiger partial charge on any atom is 0.392 e. The van der Waals surface area contributed by atoms with Crippen molar-refractivity contribution in [2.24, 2.45) is 0 Å². The number of benzene rings is 1. The van der Waals surface area contributed by atoms with E-state index in [1.165, 1.54) is 6.07 Å². The largest absolute Gasteiger partial charge is 0.491 e. The third kappa shape index (κ3) is 4.42. The molecule has 84 valence electrons. The van der Waals surface area contributed by atoms with E-state index in [0.29, 0.717) is 10.2 Å². The predicted octanol–water partition coefficient (Wildman–Crippen LogP) is 3.36. The van der Waals surface area contributed by atoms with Crippen LogP contribution in [0.5, 0.6) is 5.75 Å². The van der Waals surface area contributed by atoms with Gasteiger partial charge in [0, 0.05) is 4.47 Å². The number of hydrogen-bond acceptors (Lipinski definition) is 2. The van der Waals surface area contributed by atoms with Crippen LogP contribution in [0.15, 0.2) is 22.7 Å². The molecule has 0 aliphatic rings. The molecule has 1 rings (SSSR count). The molecule has 0 unspecified atom stereocenters. The lowest BCUT2D eigenvalue weighted by Gasteiger charge is -2.10. The fourth-order valence-electron chi connectivity index (χ4n) is 0.910. The fourth-order valence-corrected chi connectivity index (χ4v) is 1.25. The molecule has 0 radical (unpaired) electrons. The van der Waals surface area contributed by atoms with Gasteiger partial charge in [-0.1, -0.05) is 15.9 Å². The molecule has 0 bridgehead atoms. The Balaban J connectivity index is 2.54. The Kier molecular flexibility index (Phi) is 3.84. The van der Waals surface area contributed by atoms with E-state index in [1.807, 2.05) is 0 Å². The summed E-state index contributed by atoms with van der Waals surface area (Å²) in [6, 6.07) is 4.78. The highest BCUT2D eigenvalue weighted by atomic mass is 79.9. The van der Waals surface area contributed by atoms with E-state index in [9.17, 15) is 13.2 Å². The Morgan fingerprint density at radius 3 is 2.60 bits per heavy atom. The molecule has 0 saturated carbocycles. The number of alkyl halides is 3. The SMILES string of the molecule is Nc1ccc(Br)cc1OCCC(F)(F)F. The van der Waals surface area contributed by atoms with Crippen LogP contribution in [0, 0.1) is 0 Å². The van der Waals surface area contributed by atoms with Gasteiger partial charge in [0.2, 0.25) is 0 Å². The first-order valence-electron chi connectivity index (χ1n) is 4.13. The highest BCUT2D eigenvalue weighted by Gasteiger charge is 2.26. The monoisotopic (exact) mass is 283 g/mol. The maximum absolute atomic E-state index is 11.8. The van der Waals surface area contributed by atoms with Crippen molar-refractivity contribution in [2.75, 3.05) is 12.3 Å². The average molecular weight is 284 g/mol. The molecule has 1 aromatic carbocycles. The van der Waals surface area contributed by atoms with E-state index in [1.54, 1.807) is 12.1 Å². The number of ether oxygens (including phenoxy) is 1. The van der Waals surface area contributed by atoms with E-state index in [-0.39, 0.29) is 5.75 Å². The number of anilines is 1. The maximum atomic E-state index is 11.8. The average Bonchev–Trinajstić information content (AvgIpc) is 2.09. The second-order valence-corrected chi connectivity index (χ2v) is 3.81. The quantitative estimate of drug-likeness (QED) is 0.864. The topological polar surface area (TPSA) is 35.2 Å². The second kappa shape index (κ2) is 4.74. The van der Waals surface area contributed by atoms with Gasteiger partial charge in [0.1, 0.15) is 5.75 Å². The Morgan fingerprint density at radius 1 is 1.33 bits per heavy atom. The van der Waals surface area contributed by atoms with Crippen molar-refractivity contribution in [3.05, 3.63) is 22.7 Å². The summed E-state index contributed by atoms with van der Waals surface area (Å²) in [6.45, 7) is -0.426. The smallest absolute Gasteiger partial charge is 0.392 e. The zero-order chi connectivity index (χ0) is 11.5. The molecule has 2 N–H and O–H groups in total. The van der Waals surface area contributed by atoms with Gasteiger partial charge in [-0.2, -0.15) is 13.2 Å². The standard InChI is InChI=1S/C9H9BrF3NO/c10-6-1-2-7(14)8(5-6)15-4-3-9(11,12)13/h1-2,5H,3-4,14H2. The molecule has 2 nitrogen and oxygen atoms in total. The van der Waals surface area contributed by atoms with E-state index in [2.05, 4.69) is 15.9 Å². The third-order valence-corrected chi connectivity index (χ3v) is 2.11. The van der Waals surface area contributed by atoms with Gasteiger partial charge in [-0.05, 0) is 18.2 Å². The van der Waals surface area contributed by atoms with Crippen LogP contribution in [-0.2, 0) is 0 Å². The van der Waals surface area contributed by atoms with Crippen LogP contribution in [-0.4, -0.2) is 12.8 Å². The molecule has 0 aromatic heterocycles. The van der Waals surface area contributed by atoms with Crippen molar-refractivity contribution in [3.63, 3.8) is 0 Å². The first-order valence-corrected chi connectivity index (χ1v) is 4.92. The van der Waals surface area contributed by atoms with Crippen LogP contribution in [0.4, 0.5) is 18.9 Å². The summed E-state index contributed by atoms with van der Waals surface area (Å²) in [4.78, 5) is 0. The molecule has 0 amide bonds. The Bertz CT molecular complexity index is 341. The Morgan fingerprint density at radius 2 is 2.00 bits per heavy atom. The van der Waals surface area contributed by atoms with Gasteiger partial charge in [-0.15, -0.1) is 0 Å². The molecule has 0 saturated heterocycles. The molecular formula is C9H9BrF3NO. The van der Waals surface area contributed by atoms with Crippen LogP contribution < -0.4 is 10.5 Å². The Hall–Kier alpha value is -0.910. The molecule has 0 aliphatic heterocycles. The predicted molar refractivity (Wildman–Crippen MR) is 54.7 cm³/mol. The lowest BCUT2D eigenvalue weighted by Crippen LogP contribution is -2.13. The summed E-state index contributed by atoms with van der Waals surface area (Å²) in [7, 11) is 0. The van der Waals surface area contributed by atoms with Gasteiger partial charge in [0.15, 0.2) is 0 Å². The van der Waals surface area contributed by atoms with E-state index in [0.717, 1.165) is 0 Å². The third-order valence-electron chi connectivity index (χ3n) is 1.62. The first-order chi connectivity index (χ1) is 6.88. The highest BCUT2D eigenvalue weighted by molar-refractivity contribution is 9.10. The summed E-state index contributed by atoms with van der Waals surface area (Å²) in [5.74, 6) is 0.258. The van der Waals surface area contributed by atoms with Crippen molar-refractivity contribution in [1.82, 2.24) is 0 Å². The summed E-state index contributed by atoms with van der Waals surface area (Å²) < 4.78 is 41.1. The number of halogens is 4. The van der Waals surface area contributed by atoms with E-state index >= 15 is 0 Å². The van der Waals surface area contributed by atoms with Crippen molar-refractivity contribution >= 4 is 21.6 Å². The molecular weight excluding hydrogens is 275 g/mol. The Labute approximate surface area is 93.3 Å². The minimum Gasteiger partial charge on any atom is -0.491 e. The number of nitrogens with two attached hydrogens (primary N) is 1. The van der Waals surface area contributed by atoms with Crippen LogP contribution in [0.2, 0.25) is 0 Å². The van der Waals surface area contributed by atoms with Crippen LogP contribution >= 0.6 is 15.9 Å². The minimum absolute atomic E-state index is 0.258. The van der Waals surface area contributed by atoms with Crippen molar-refractivity contribution < 1.29 is 17.9 Å². The molecule has 15 heavy (non-hydrogen) atoms. The lowest BCUT2D eigenvalue weighted by molar-refractivity contribution is -0.139. The highest BCUT2D eigenvalue weighted by Crippen LogP contribution is 2.27. The summed E-state index contributed by atoms with van der Waals surface area (Å²) in [5, 5.41) is 0. The second-order valence-electron chi connectivity index (χ2n) is 2.90. The van der Waals surface area contributed by atoms with Crippen molar-refractivity contribution in [2.45, 2.75) is 12.6 Å². The van der Waals surface area contributed by atoms with Gasteiger partial charge >= 0.3 is 6.18 Å². The molecule has 0 aliphatic carbocycles. The lowest BCUT2D eigenvalue weighted by atomic mass is 10.3.